The van der Waals surface area contributed by atoms with Crippen molar-refractivity contribution in [2.24, 2.45) is 0 Å². The third-order valence-corrected chi connectivity index (χ3v) is 2.61. The van der Waals surface area contributed by atoms with E-state index in [1.54, 1.807) is 0 Å². The minimum absolute atomic E-state index is 0.255. The Kier molecular flexibility index (Phi) is 4.23. The highest BCUT2D eigenvalue weighted by Crippen LogP contribution is 2.18. The van der Waals surface area contributed by atoms with E-state index in [-0.39, 0.29) is 12.3 Å². The number of hydrogen-bond donors (Lipinski definition) is 1. The minimum Gasteiger partial charge on any atom is -0.299 e. The van der Waals surface area contributed by atoms with Crippen LogP contribution in [0.5, 0.6) is 0 Å². The lowest BCUT2D eigenvalue weighted by atomic mass is 9.96. The molecular formula is C13H17NO2. The van der Waals surface area contributed by atoms with Crippen molar-refractivity contribution in [2.45, 2.75) is 33.1 Å². The molecule has 0 heterocycles. The first kappa shape index (κ1) is 12.4. The van der Waals surface area contributed by atoms with Crippen LogP contribution in [0.15, 0.2) is 18.2 Å². The van der Waals surface area contributed by atoms with Gasteiger partial charge >= 0.3 is 0 Å². The van der Waals surface area contributed by atoms with Crippen LogP contribution in [-0.4, -0.2) is 12.3 Å². The van der Waals surface area contributed by atoms with Crippen molar-refractivity contribution in [3.63, 3.8) is 0 Å². The number of nitrogens with one attached hydrogen (secondary N) is 1. The zero-order valence-electron chi connectivity index (χ0n) is 9.91. The number of carbonyl (C=O) groups excluding carboxylic acids is 2. The van der Waals surface area contributed by atoms with Gasteiger partial charge in [-0.25, -0.2) is 0 Å². The van der Waals surface area contributed by atoms with E-state index in [1.807, 2.05) is 19.1 Å². The van der Waals surface area contributed by atoms with E-state index in [2.05, 4.69) is 25.2 Å². The van der Waals surface area contributed by atoms with E-state index < -0.39 is 0 Å². The Morgan fingerprint density at radius 2 is 2.12 bits per heavy atom. The molecule has 3 nitrogen and oxygen atoms in total. The van der Waals surface area contributed by atoms with Gasteiger partial charge in [0.15, 0.2) is 0 Å². The molecule has 0 aromatic heterocycles. The molecule has 0 aliphatic heterocycles. The summed E-state index contributed by atoms with van der Waals surface area (Å²) in [5.74, 6) is 0.174. The normalized spacial score (nSPS) is 10.2. The largest absolute Gasteiger partial charge is 0.299 e. The van der Waals surface area contributed by atoms with Crippen LogP contribution in [0, 0.1) is 6.92 Å². The van der Waals surface area contributed by atoms with Gasteiger partial charge in [0, 0.05) is 0 Å². The molecule has 1 aromatic rings. The molecule has 86 valence electrons. The molecule has 3 heteroatoms. The highest BCUT2D eigenvalue weighted by Gasteiger charge is 2.07. The minimum atomic E-state index is -0.265. The van der Waals surface area contributed by atoms with Gasteiger partial charge in [-0.1, -0.05) is 32.0 Å². The Bertz CT molecular complexity index is 397. The predicted molar refractivity (Wildman–Crippen MR) is 63.2 cm³/mol. The molecule has 2 amide bonds. The fourth-order valence-electron chi connectivity index (χ4n) is 1.53. The number of benzene rings is 1. The third kappa shape index (κ3) is 3.19. The Hall–Kier alpha value is -1.64. The van der Waals surface area contributed by atoms with E-state index >= 15 is 0 Å². The summed E-state index contributed by atoms with van der Waals surface area (Å²) in [5, 5.41) is 2.15. The summed E-state index contributed by atoms with van der Waals surface area (Å²) in [6.45, 7) is 6.19. The summed E-state index contributed by atoms with van der Waals surface area (Å²) in [7, 11) is 0. The molecule has 16 heavy (non-hydrogen) atoms. The fraction of sp³-hybridized carbons (Fsp3) is 0.385. The average molecular weight is 219 g/mol. The maximum atomic E-state index is 11.3. The quantitative estimate of drug-likeness (QED) is 0.786. The van der Waals surface area contributed by atoms with Crippen LogP contribution >= 0.6 is 0 Å². The molecule has 0 atom stereocenters. The maximum Gasteiger partial charge on any atom is 0.230 e. The monoisotopic (exact) mass is 219 g/mol. The smallest absolute Gasteiger partial charge is 0.230 e. The van der Waals surface area contributed by atoms with Crippen molar-refractivity contribution in [1.29, 1.82) is 0 Å². The maximum absolute atomic E-state index is 11.3. The van der Waals surface area contributed by atoms with Gasteiger partial charge in [-0.2, -0.15) is 0 Å². The summed E-state index contributed by atoms with van der Waals surface area (Å²) in [5.41, 5.74) is 3.26. The molecule has 0 aliphatic carbocycles. The van der Waals surface area contributed by atoms with Crippen molar-refractivity contribution < 1.29 is 9.59 Å². The van der Waals surface area contributed by atoms with Crippen molar-refractivity contribution in [3.8, 4) is 0 Å². The van der Waals surface area contributed by atoms with E-state index in [0.29, 0.717) is 12.3 Å². The summed E-state index contributed by atoms with van der Waals surface area (Å²) >= 11 is 0. The number of amides is 2. The fourth-order valence-corrected chi connectivity index (χ4v) is 1.53. The lowest BCUT2D eigenvalue weighted by Crippen LogP contribution is -2.23. The summed E-state index contributed by atoms with van der Waals surface area (Å²) < 4.78 is 0. The molecule has 0 fully saturated rings. The molecule has 0 unspecified atom stereocenters. The van der Waals surface area contributed by atoms with Crippen molar-refractivity contribution in [3.05, 3.63) is 34.9 Å². The van der Waals surface area contributed by atoms with E-state index in [9.17, 15) is 9.59 Å². The van der Waals surface area contributed by atoms with Gasteiger partial charge in [0.1, 0.15) is 0 Å². The molecule has 0 bridgehead atoms. The molecule has 0 aliphatic rings. The second-order valence-corrected chi connectivity index (χ2v) is 4.20. The number of carbonyl (C=O) groups is 2. The van der Waals surface area contributed by atoms with Crippen LogP contribution in [0.1, 0.15) is 36.5 Å². The van der Waals surface area contributed by atoms with Gasteiger partial charge in [0.2, 0.25) is 12.3 Å². The van der Waals surface area contributed by atoms with Crippen LogP contribution in [-0.2, 0) is 16.0 Å². The number of imide groups is 1. The van der Waals surface area contributed by atoms with Gasteiger partial charge in [0.25, 0.3) is 0 Å². The first-order valence-electron chi connectivity index (χ1n) is 5.37. The molecule has 0 spiro atoms. The van der Waals surface area contributed by atoms with Gasteiger partial charge < -0.3 is 0 Å². The van der Waals surface area contributed by atoms with Crippen LogP contribution in [0.3, 0.4) is 0 Å². The second-order valence-electron chi connectivity index (χ2n) is 4.20. The average Bonchev–Trinajstić information content (AvgIpc) is 2.21. The second kappa shape index (κ2) is 5.45. The molecule has 0 radical (unpaired) electrons. The summed E-state index contributed by atoms with van der Waals surface area (Å²) in [6, 6.07) is 6.12. The lowest BCUT2D eigenvalue weighted by Gasteiger charge is -2.10. The molecule has 1 aromatic carbocycles. The first-order chi connectivity index (χ1) is 7.54. The number of rotatable bonds is 4. The highest BCUT2D eigenvalue weighted by molar-refractivity contribution is 5.87. The Balaban J connectivity index is 2.89. The van der Waals surface area contributed by atoms with Gasteiger partial charge in [-0.15, -0.1) is 0 Å². The lowest BCUT2D eigenvalue weighted by molar-refractivity contribution is -0.124. The zero-order valence-corrected chi connectivity index (χ0v) is 9.91. The molecule has 0 saturated carbocycles. The predicted octanol–water partition coefficient (Wildman–Crippen LogP) is 1.93. The Morgan fingerprint density at radius 1 is 1.44 bits per heavy atom. The van der Waals surface area contributed by atoms with Crippen LogP contribution in [0.25, 0.3) is 0 Å². The summed E-state index contributed by atoms with van der Waals surface area (Å²) in [6.07, 6.45) is 0.676. The van der Waals surface area contributed by atoms with Crippen molar-refractivity contribution in [1.82, 2.24) is 5.32 Å². The Labute approximate surface area is 95.9 Å². The van der Waals surface area contributed by atoms with Gasteiger partial charge in [0.05, 0.1) is 6.42 Å². The molecular weight excluding hydrogens is 202 g/mol. The van der Waals surface area contributed by atoms with Gasteiger partial charge in [-0.3, -0.25) is 14.9 Å². The summed E-state index contributed by atoms with van der Waals surface area (Å²) in [4.78, 5) is 21.4. The van der Waals surface area contributed by atoms with Gasteiger partial charge in [-0.05, 0) is 29.5 Å². The molecule has 0 saturated heterocycles. The topological polar surface area (TPSA) is 46.2 Å². The number of hydrogen-bond acceptors (Lipinski definition) is 2. The van der Waals surface area contributed by atoms with E-state index in [1.165, 1.54) is 5.56 Å². The van der Waals surface area contributed by atoms with E-state index in [0.717, 1.165) is 11.1 Å². The SMILES string of the molecule is Cc1ccc(C(C)C)cc1CC(=O)NC=O. The Morgan fingerprint density at radius 3 is 2.69 bits per heavy atom. The van der Waals surface area contributed by atoms with Crippen molar-refractivity contribution in [2.75, 3.05) is 0 Å². The molecule has 1 N–H and O–H groups in total. The highest BCUT2D eigenvalue weighted by atomic mass is 16.2. The van der Waals surface area contributed by atoms with Crippen LogP contribution in [0.2, 0.25) is 0 Å². The standard InChI is InChI=1S/C13H17NO2/c1-9(2)11-5-4-10(3)12(6-11)7-13(16)14-8-15/h4-6,8-9H,7H2,1-3H3,(H,14,15,16). The van der Waals surface area contributed by atoms with E-state index in [4.69, 9.17) is 0 Å². The van der Waals surface area contributed by atoms with Crippen LogP contribution < -0.4 is 5.32 Å². The van der Waals surface area contributed by atoms with Crippen molar-refractivity contribution >= 4 is 12.3 Å². The number of aryl methyl sites for hydroxylation is 1. The van der Waals surface area contributed by atoms with Crippen LogP contribution in [0.4, 0.5) is 0 Å². The zero-order chi connectivity index (χ0) is 12.1. The first-order valence-corrected chi connectivity index (χ1v) is 5.37. The molecule has 1 rings (SSSR count). The third-order valence-electron chi connectivity index (χ3n) is 2.61.